The lowest BCUT2D eigenvalue weighted by atomic mass is 9.82. The van der Waals surface area contributed by atoms with Gasteiger partial charge in [0.2, 0.25) is 0 Å². The molecule has 0 radical (unpaired) electrons. The predicted octanol–water partition coefficient (Wildman–Crippen LogP) is 3.31. The highest BCUT2D eigenvalue weighted by Gasteiger charge is 2.37. The molecule has 2 aromatic carbocycles. The van der Waals surface area contributed by atoms with Crippen molar-refractivity contribution in [2.75, 3.05) is 5.32 Å². The molecule has 4 rings (SSSR count). The van der Waals surface area contributed by atoms with Gasteiger partial charge < -0.3 is 10.1 Å². The molecule has 0 spiro atoms. The largest absolute Gasteiger partial charge is 0.457 e. The minimum Gasteiger partial charge on any atom is -0.457 e. The Balaban J connectivity index is 1.87. The fourth-order valence-corrected chi connectivity index (χ4v) is 4.18. The fraction of sp³-hybridized carbons (Fsp3) is 0.208. The number of ether oxygens (including phenoxy) is 1. The maximum atomic E-state index is 13.3. The molecule has 1 aliphatic heterocycles. The number of carbonyl (C=O) groups is 1. The molecule has 1 N–H and O–H groups in total. The summed E-state index contributed by atoms with van der Waals surface area (Å²) in [6.45, 7) is 1.82. The highest BCUT2D eigenvalue weighted by molar-refractivity contribution is 6.30. The van der Waals surface area contributed by atoms with Crippen LogP contribution < -0.4 is 16.6 Å². The van der Waals surface area contributed by atoms with E-state index in [2.05, 4.69) is 5.32 Å². The first-order valence-corrected chi connectivity index (χ1v) is 10.4. The van der Waals surface area contributed by atoms with Crippen molar-refractivity contribution >= 4 is 23.4 Å². The maximum Gasteiger partial charge on any atom is 0.337 e. The van der Waals surface area contributed by atoms with Crippen LogP contribution in [0.15, 0.2) is 75.5 Å². The number of anilines is 1. The van der Waals surface area contributed by atoms with Crippen LogP contribution in [0.1, 0.15) is 29.5 Å². The number of hydrogen-bond acceptors (Lipinski definition) is 5. The van der Waals surface area contributed by atoms with Gasteiger partial charge in [-0.2, -0.15) is 0 Å². The standard InChI is InChI=1S/C24H22ClN3O4/c1-14-18(23(30)32-13-15-8-5-4-6-9-15)19(16-10-7-11-17(25)12-16)20-21(26-14)27(2)24(31)28(3)22(20)29/h4-12,19,26H,13H2,1-3H3. The number of fused-ring (bicyclic) bond motifs is 1. The smallest absolute Gasteiger partial charge is 0.337 e. The Morgan fingerprint density at radius 1 is 1.06 bits per heavy atom. The van der Waals surface area contributed by atoms with Crippen LogP contribution in [0.5, 0.6) is 0 Å². The zero-order valence-electron chi connectivity index (χ0n) is 17.9. The van der Waals surface area contributed by atoms with Gasteiger partial charge in [0.1, 0.15) is 12.4 Å². The average Bonchev–Trinajstić information content (AvgIpc) is 2.79. The van der Waals surface area contributed by atoms with Crippen LogP contribution >= 0.6 is 11.6 Å². The number of carbonyl (C=O) groups excluding carboxylic acids is 1. The summed E-state index contributed by atoms with van der Waals surface area (Å²) in [5.74, 6) is -0.954. The van der Waals surface area contributed by atoms with Crippen molar-refractivity contribution in [3.63, 3.8) is 0 Å². The third-order valence-electron chi connectivity index (χ3n) is 5.60. The van der Waals surface area contributed by atoms with E-state index in [1.807, 2.05) is 30.3 Å². The third-order valence-corrected chi connectivity index (χ3v) is 5.84. The number of benzene rings is 2. The topological polar surface area (TPSA) is 82.3 Å². The number of nitrogens with one attached hydrogen (secondary N) is 1. The summed E-state index contributed by atoms with van der Waals surface area (Å²) in [6, 6.07) is 16.3. The summed E-state index contributed by atoms with van der Waals surface area (Å²) in [7, 11) is 2.99. The Labute approximate surface area is 189 Å². The molecule has 0 amide bonds. The van der Waals surface area contributed by atoms with Gasteiger partial charge in [-0.15, -0.1) is 0 Å². The van der Waals surface area contributed by atoms with Crippen molar-refractivity contribution in [2.45, 2.75) is 19.4 Å². The maximum absolute atomic E-state index is 13.3. The van der Waals surface area contributed by atoms with Crippen LogP contribution in [0, 0.1) is 0 Å². The number of halogens is 1. The minimum atomic E-state index is -0.751. The lowest BCUT2D eigenvalue weighted by Crippen LogP contribution is -2.43. The summed E-state index contributed by atoms with van der Waals surface area (Å²) in [5.41, 5.74) is 1.64. The number of esters is 1. The molecule has 32 heavy (non-hydrogen) atoms. The molecule has 8 heteroatoms. The van der Waals surface area contributed by atoms with Gasteiger partial charge in [0.25, 0.3) is 5.56 Å². The van der Waals surface area contributed by atoms with E-state index in [0.29, 0.717) is 27.7 Å². The number of nitrogens with zero attached hydrogens (tertiary/aromatic N) is 2. The molecule has 0 saturated carbocycles. The highest BCUT2D eigenvalue weighted by Crippen LogP contribution is 2.40. The first kappa shape index (κ1) is 21.6. The van der Waals surface area contributed by atoms with E-state index in [-0.39, 0.29) is 12.2 Å². The second-order valence-electron chi connectivity index (χ2n) is 7.68. The average molecular weight is 452 g/mol. The van der Waals surface area contributed by atoms with E-state index in [9.17, 15) is 14.4 Å². The lowest BCUT2D eigenvalue weighted by Gasteiger charge is -2.31. The Kier molecular flexibility index (Phi) is 5.76. The molecule has 0 fully saturated rings. The summed E-state index contributed by atoms with van der Waals surface area (Å²) in [5, 5.41) is 3.55. The summed E-state index contributed by atoms with van der Waals surface area (Å²) in [6.07, 6.45) is 0. The van der Waals surface area contributed by atoms with Crippen LogP contribution in [0.3, 0.4) is 0 Å². The van der Waals surface area contributed by atoms with Crippen LogP contribution in [-0.4, -0.2) is 15.1 Å². The molecule has 1 unspecified atom stereocenters. The third kappa shape index (κ3) is 3.76. The Morgan fingerprint density at radius 2 is 1.78 bits per heavy atom. The van der Waals surface area contributed by atoms with Gasteiger partial charge in [-0.25, -0.2) is 9.59 Å². The molecule has 1 aliphatic rings. The van der Waals surface area contributed by atoms with E-state index in [1.54, 1.807) is 38.2 Å². The van der Waals surface area contributed by atoms with Crippen molar-refractivity contribution < 1.29 is 9.53 Å². The number of rotatable bonds is 4. The first-order valence-electron chi connectivity index (χ1n) is 10.0. The predicted molar refractivity (Wildman–Crippen MR) is 123 cm³/mol. The molecule has 0 saturated heterocycles. The van der Waals surface area contributed by atoms with E-state index >= 15 is 0 Å². The SMILES string of the molecule is CC1=C(C(=O)OCc2ccccc2)C(c2cccc(Cl)c2)c2c(n(C)c(=O)n(C)c2=O)N1. The summed E-state index contributed by atoms with van der Waals surface area (Å²) >= 11 is 6.24. The van der Waals surface area contributed by atoms with E-state index in [0.717, 1.165) is 10.1 Å². The molecular weight excluding hydrogens is 430 g/mol. The van der Waals surface area contributed by atoms with Crippen molar-refractivity contribution in [2.24, 2.45) is 14.1 Å². The van der Waals surface area contributed by atoms with Gasteiger partial charge in [0, 0.05) is 24.8 Å². The van der Waals surface area contributed by atoms with Gasteiger partial charge >= 0.3 is 11.7 Å². The quantitative estimate of drug-likeness (QED) is 0.615. The summed E-state index contributed by atoms with van der Waals surface area (Å²) < 4.78 is 8.01. The lowest BCUT2D eigenvalue weighted by molar-refractivity contribution is -0.140. The zero-order chi connectivity index (χ0) is 23.0. The minimum absolute atomic E-state index is 0.0941. The molecule has 7 nitrogen and oxygen atoms in total. The monoisotopic (exact) mass is 451 g/mol. The van der Waals surface area contributed by atoms with Crippen LogP contribution in [0.25, 0.3) is 0 Å². The second kappa shape index (κ2) is 8.51. The van der Waals surface area contributed by atoms with Crippen molar-refractivity contribution in [3.05, 3.63) is 108 Å². The Bertz CT molecular complexity index is 1360. The molecule has 1 atom stereocenters. The zero-order valence-corrected chi connectivity index (χ0v) is 18.6. The van der Waals surface area contributed by atoms with Crippen LogP contribution in [0.2, 0.25) is 5.02 Å². The van der Waals surface area contributed by atoms with Gasteiger partial charge in [0.15, 0.2) is 0 Å². The van der Waals surface area contributed by atoms with Gasteiger partial charge in [-0.05, 0) is 30.2 Å². The molecular formula is C24H22ClN3O4. The highest BCUT2D eigenvalue weighted by atomic mass is 35.5. The number of hydrogen-bond donors (Lipinski definition) is 1. The molecule has 0 bridgehead atoms. The second-order valence-corrected chi connectivity index (χ2v) is 8.12. The van der Waals surface area contributed by atoms with Crippen molar-refractivity contribution in [1.29, 1.82) is 0 Å². The van der Waals surface area contributed by atoms with Crippen LogP contribution in [-0.2, 0) is 30.2 Å². The van der Waals surface area contributed by atoms with Gasteiger partial charge in [-0.3, -0.25) is 13.9 Å². The summed E-state index contributed by atoms with van der Waals surface area (Å²) in [4.78, 5) is 39.0. The van der Waals surface area contributed by atoms with Gasteiger partial charge in [-0.1, -0.05) is 54.1 Å². The normalized spacial score (nSPS) is 15.2. The van der Waals surface area contributed by atoms with E-state index in [1.165, 1.54) is 11.6 Å². The molecule has 1 aromatic heterocycles. The first-order chi connectivity index (χ1) is 15.3. The van der Waals surface area contributed by atoms with Crippen molar-refractivity contribution in [3.8, 4) is 0 Å². The fourth-order valence-electron chi connectivity index (χ4n) is 3.98. The molecule has 0 aliphatic carbocycles. The molecule has 164 valence electrons. The Morgan fingerprint density at radius 3 is 2.47 bits per heavy atom. The van der Waals surface area contributed by atoms with Crippen molar-refractivity contribution in [1.82, 2.24) is 9.13 Å². The molecule has 3 aromatic rings. The van der Waals surface area contributed by atoms with Crippen LogP contribution in [0.4, 0.5) is 5.82 Å². The van der Waals surface area contributed by atoms with E-state index in [4.69, 9.17) is 16.3 Å². The van der Waals surface area contributed by atoms with Gasteiger partial charge in [0.05, 0.1) is 17.1 Å². The Hall–Kier alpha value is -3.58. The van der Waals surface area contributed by atoms with E-state index < -0.39 is 23.1 Å². The molecule has 2 heterocycles. The number of aromatic nitrogens is 2. The number of allylic oxidation sites excluding steroid dienone is 1.